The number of hydrogen-bond acceptors (Lipinski definition) is 7. The second-order valence-corrected chi connectivity index (χ2v) is 7.78. The number of aromatic nitrogens is 2. The monoisotopic (exact) mass is 407 g/mol. The maximum absolute atomic E-state index is 11.3. The van der Waals surface area contributed by atoms with E-state index >= 15 is 0 Å². The molecule has 3 aromatic rings. The van der Waals surface area contributed by atoms with E-state index in [0.717, 1.165) is 41.2 Å². The van der Waals surface area contributed by atoms with Gasteiger partial charge in [0, 0.05) is 48.7 Å². The first kappa shape index (κ1) is 20.0. The third-order valence-corrected chi connectivity index (χ3v) is 5.18. The minimum atomic E-state index is -0.394. The molecule has 4 rings (SSSR count). The molecular weight excluding hydrogens is 382 g/mol. The second kappa shape index (κ2) is 8.23. The number of nitrogens with one attached hydrogen (secondary N) is 1. The number of hydrogen-bond donors (Lipinski definition) is 1. The first-order chi connectivity index (χ1) is 14.4. The van der Waals surface area contributed by atoms with E-state index in [2.05, 4.69) is 40.1 Å². The van der Waals surface area contributed by atoms with Gasteiger partial charge in [-0.2, -0.15) is 0 Å². The third kappa shape index (κ3) is 4.18. The lowest BCUT2D eigenvalue weighted by Gasteiger charge is -2.36. The van der Waals surface area contributed by atoms with Crippen LogP contribution in [0.25, 0.3) is 10.9 Å². The van der Waals surface area contributed by atoms with Gasteiger partial charge in [0.05, 0.1) is 17.1 Å². The zero-order valence-corrected chi connectivity index (χ0v) is 17.3. The molecule has 0 amide bonds. The average Bonchev–Trinajstić information content (AvgIpc) is 2.71. The number of rotatable bonds is 5. The van der Waals surface area contributed by atoms with Crippen molar-refractivity contribution < 1.29 is 9.66 Å². The third-order valence-electron chi connectivity index (χ3n) is 5.18. The van der Waals surface area contributed by atoms with Gasteiger partial charge in [-0.3, -0.25) is 10.1 Å². The number of nitrogens with zero attached hydrogens (tertiary/aromatic N) is 4. The number of pyridine rings is 2. The molecule has 8 nitrogen and oxygen atoms in total. The molecule has 0 bridgehead atoms. The molecule has 2 aromatic heterocycles. The fraction of sp³-hybridized carbons (Fsp3) is 0.364. The molecule has 0 spiro atoms. The van der Waals surface area contributed by atoms with E-state index in [0.29, 0.717) is 12.1 Å². The normalized spacial score (nSPS) is 19.1. The van der Waals surface area contributed by atoms with Crippen molar-refractivity contribution in [2.75, 3.05) is 23.3 Å². The van der Waals surface area contributed by atoms with Crippen LogP contribution < -0.4 is 10.2 Å². The number of anilines is 2. The summed E-state index contributed by atoms with van der Waals surface area (Å²) >= 11 is 0. The Hall–Kier alpha value is -3.26. The number of para-hydroxylation sites is 1. The Morgan fingerprint density at radius 3 is 2.67 bits per heavy atom. The van der Waals surface area contributed by atoms with E-state index in [1.54, 1.807) is 6.07 Å². The van der Waals surface area contributed by atoms with E-state index in [1.807, 2.05) is 31.3 Å². The molecule has 0 saturated carbocycles. The summed E-state index contributed by atoms with van der Waals surface area (Å²) in [4.78, 5) is 22.2. The molecule has 2 unspecified atom stereocenters. The number of fused-ring (bicyclic) bond motifs is 1. The molecule has 2 atom stereocenters. The van der Waals surface area contributed by atoms with Crippen molar-refractivity contribution in [1.82, 2.24) is 9.97 Å². The van der Waals surface area contributed by atoms with Crippen molar-refractivity contribution in [3.63, 3.8) is 0 Å². The summed E-state index contributed by atoms with van der Waals surface area (Å²) in [6.07, 6.45) is 2.24. The number of nitro groups is 1. The predicted octanol–water partition coefficient (Wildman–Crippen LogP) is 4.07. The number of morpholine rings is 1. The van der Waals surface area contributed by atoms with Gasteiger partial charge in [-0.05, 0) is 38.5 Å². The Morgan fingerprint density at radius 1 is 1.23 bits per heavy atom. The Kier molecular flexibility index (Phi) is 5.50. The predicted molar refractivity (Wildman–Crippen MR) is 117 cm³/mol. The highest BCUT2D eigenvalue weighted by Crippen LogP contribution is 2.30. The van der Waals surface area contributed by atoms with Crippen LogP contribution in [0.15, 0.2) is 42.6 Å². The molecule has 1 aliphatic rings. The lowest BCUT2D eigenvalue weighted by Crippen LogP contribution is -2.45. The van der Waals surface area contributed by atoms with Gasteiger partial charge in [-0.15, -0.1) is 0 Å². The van der Waals surface area contributed by atoms with E-state index in [-0.39, 0.29) is 17.9 Å². The fourth-order valence-electron chi connectivity index (χ4n) is 3.93. The van der Waals surface area contributed by atoms with E-state index in [1.165, 1.54) is 6.07 Å². The number of ether oxygens (including phenoxy) is 1. The van der Waals surface area contributed by atoms with Gasteiger partial charge >= 0.3 is 0 Å². The number of non-ortho nitro benzene ring substituents is 1. The molecule has 1 aromatic carbocycles. The van der Waals surface area contributed by atoms with Crippen LogP contribution in [0.3, 0.4) is 0 Å². The summed E-state index contributed by atoms with van der Waals surface area (Å²) in [6, 6.07) is 11.0. The molecule has 1 saturated heterocycles. The lowest BCUT2D eigenvalue weighted by molar-refractivity contribution is -0.383. The van der Waals surface area contributed by atoms with E-state index in [9.17, 15) is 10.1 Å². The molecule has 1 N–H and O–H groups in total. The summed E-state index contributed by atoms with van der Waals surface area (Å²) in [5.74, 6) is 0.946. The van der Waals surface area contributed by atoms with Gasteiger partial charge in [-0.25, -0.2) is 9.97 Å². The van der Waals surface area contributed by atoms with Gasteiger partial charge in [0.15, 0.2) is 5.52 Å². The minimum absolute atomic E-state index is 0.0132. The van der Waals surface area contributed by atoms with Crippen molar-refractivity contribution in [3.8, 4) is 0 Å². The van der Waals surface area contributed by atoms with Crippen molar-refractivity contribution in [3.05, 3.63) is 64.0 Å². The summed E-state index contributed by atoms with van der Waals surface area (Å²) in [5, 5.41) is 15.5. The Morgan fingerprint density at radius 2 is 2.00 bits per heavy atom. The van der Waals surface area contributed by atoms with Crippen LogP contribution in [-0.2, 0) is 11.3 Å². The maximum Gasteiger partial charge on any atom is 0.295 e. The standard InChI is InChI=1S/C22H25N5O3/c1-14-9-19(18-5-4-6-20(27(28)29)22(18)25-14)23-10-17-7-8-21(24-11-17)26-12-15(2)30-16(3)13-26/h4-9,11,15-16H,10,12-13H2,1-3H3,(H,23,25). The zero-order valence-electron chi connectivity index (χ0n) is 17.3. The smallest absolute Gasteiger partial charge is 0.295 e. The highest BCUT2D eigenvalue weighted by Gasteiger charge is 2.23. The Bertz CT molecular complexity index is 1060. The highest BCUT2D eigenvalue weighted by atomic mass is 16.6. The van der Waals surface area contributed by atoms with Gasteiger partial charge in [0.1, 0.15) is 5.82 Å². The number of nitro benzene ring substituents is 1. The first-order valence-corrected chi connectivity index (χ1v) is 10.0. The molecule has 30 heavy (non-hydrogen) atoms. The SMILES string of the molecule is Cc1cc(NCc2ccc(N3CC(C)OC(C)C3)nc2)c2cccc([N+](=O)[O-])c2n1. The van der Waals surface area contributed by atoms with E-state index < -0.39 is 4.92 Å². The van der Waals surface area contributed by atoms with E-state index in [4.69, 9.17) is 4.74 Å². The van der Waals surface area contributed by atoms with Crippen LogP contribution in [0.2, 0.25) is 0 Å². The molecule has 0 aliphatic carbocycles. The van der Waals surface area contributed by atoms with Crippen molar-refractivity contribution in [2.45, 2.75) is 39.5 Å². The first-order valence-electron chi connectivity index (χ1n) is 10.0. The summed E-state index contributed by atoms with van der Waals surface area (Å²) in [6.45, 7) is 8.21. The molecule has 1 aliphatic heterocycles. The van der Waals surface area contributed by atoms with Gasteiger partial charge in [-0.1, -0.05) is 18.2 Å². The molecule has 1 fully saturated rings. The maximum atomic E-state index is 11.3. The molecule has 0 radical (unpaired) electrons. The van der Waals surface area contributed by atoms with Gasteiger partial charge in [0.2, 0.25) is 0 Å². The number of aryl methyl sites for hydroxylation is 1. The zero-order chi connectivity index (χ0) is 21.3. The van der Waals surface area contributed by atoms with Crippen LogP contribution in [0, 0.1) is 17.0 Å². The second-order valence-electron chi connectivity index (χ2n) is 7.78. The van der Waals surface area contributed by atoms with Crippen LogP contribution in [0.1, 0.15) is 25.1 Å². The van der Waals surface area contributed by atoms with Crippen LogP contribution in [0.5, 0.6) is 0 Å². The summed E-state index contributed by atoms with van der Waals surface area (Å²) in [7, 11) is 0. The van der Waals surface area contributed by atoms with Crippen molar-refractivity contribution in [2.24, 2.45) is 0 Å². The highest BCUT2D eigenvalue weighted by molar-refractivity contribution is 5.96. The van der Waals surface area contributed by atoms with Crippen molar-refractivity contribution in [1.29, 1.82) is 0 Å². The number of benzene rings is 1. The topological polar surface area (TPSA) is 93.4 Å². The summed E-state index contributed by atoms with van der Waals surface area (Å²) < 4.78 is 5.79. The Labute approximate surface area is 175 Å². The molecule has 156 valence electrons. The molecule has 3 heterocycles. The molecular formula is C22H25N5O3. The minimum Gasteiger partial charge on any atom is -0.380 e. The largest absolute Gasteiger partial charge is 0.380 e. The van der Waals surface area contributed by atoms with Gasteiger partial charge < -0.3 is 15.0 Å². The average molecular weight is 407 g/mol. The lowest BCUT2D eigenvalue weighted by atomic mass is 10.1. The van der Waals surface area contributed by atoms with Crippen LogP contribution in [0.4, 0.5) is 17.2 Å². The Balaban J connectivity index is 1.52. The van der Waals surface area contributed by atoms with Crippen LogP contribution >= 0.6 is 0 Å². The fourth-order valence-corrected chi connectivity index (χ4v) is 3.93. The van der Waals surface area contributed by atoms with Gasteiger partial charge in [0.25, 0.3) is 5.69 Å². The molecule has 8 heteroatoms. The van der Waals surface area contributed by atoms with Crippen molar-refractivity contribution >= 4 is 28.1 Å². The quantitative estimate of drug-likeness (QED) is 0.503. The van der Waals surface area contributed by atoms with Crippen LogP contribution in [-0.4, -0.2) is 40.2 Å². The summed E-state index contributed by atoms with van der Waals surface area (Å²) in [5.41, 5.74) is 2.99.